The van der Waals surface area contributed by atoms with Gasteiger partial charge in [0.15, 0.2) is 5.69 Å². The average molecular weight is 277 g/mol. The molecule has 9 heteroatoms. The molecule has 0 saturated heterocycles. The highest BCUT2D eigenvalue weighted by Crippen LogP contribution is 2.17. The van der Waals surface area contributed by atoms with Crippen LogP contribution < -0.4 is 5.32 Å². The molecule has 0 saturated carbocycles. The summed E-state index contributed by atoms with van der Waals surface area (Å²) in [6.07, 6.45) is 0. The van der Waals surface area contributed by atoms with Gasteiger partial charge in [-0.15, -0.1) is 0 Å². The van der Waals surface area contributed by atoms with Crippen LogP contribution in [-0.4, -0.2) is 27.1 Å². The van der Waals surface area contributed by atoms with Crippen molar-refractivity contribution in [2.45, 2.75) is 0 Å². The van der Waals surface area contributed by atoms with E-state index in [4.69, 9.17) is 5.11 Å². The van der Waals surface area contributed by atoms with Crippen LogP contribution in [0.3, 0.4) is 0 Å². The lowest BCUT2D eigenvalue weighted by Crippen LogP contribution is -2.12. The topological polar surface area (TPSA) is 136 Å². The van der Waals surface area contributed by atoms with Gasteiger partial charge < -0.3 is 14.9 Å². The molecule has 9 nitrogen and oxygen atoms in total. The predicted molar refractivity (Wildman–Crippen MR) is 64.5 cm³/mol. The fraction of sp³-hybridized carbons (Fsp3) is 0. The van der Waals surface area contributed by atoms with Crippen LogP contribution in [0.5, 0.6) is 0 Å². The number of anilines is 1. The maximum absolute atomic E-state index is 11.7. The van der Waals surface area contributed by atoms with Gasteiger partial charge in [0.2, 0.25) is 5.76 Å². The number of carbonyl (C=O) groups is 2. The highest BCUT2D eigenvalue weighted by atomic mass is 16.6. The summed E-state index contributed by atoms with van der Waals surface area (Å²) < 4.78 is 4.43. The van der Waals surface area contributed by atoms with Gasteiger partial charge in [0.05, 0.1) is 4.92 Å². The minimum absolute atomic E-state index is 0.184. The van der Waals surface area contributed by atoms with Crippen LogP contribution in [0, 0.1) is 10.1 Å². The van der Waals surface area contributed by atoms with Gasteiger partial charge in [-0.05, 0) is 6.07 Å². The SMILES string of the molecule is O=C(Nc1cccc([N+](=O)[O-])c1)c1cc(C(=O)O)on1. The molecule has 0 atom stereocenters. The molecular formula is C11H7N3O6. The highest BCUT2D eigenvalue weighted by Gasteiger charge is 2.17. The van der Waals surface area contributed by atoms with Crippen molar-refractivity contribution in [2.24, 2.45) is 0 Å². The molecule has 1 aromatic heterocycles. The number of amides is 1. The van der Waals surface area contributed by atoms with Crippen molar-refractivity contribution in [1.82, 2.24) is 5.16 Å². The number of nitrogens with one attached hydrogen (secondary N) is 1. The molecule has 20 heavy (non-hydrogen) atoms. The molecule has 2 N–H and O–H groups in total. The fourth-order valence-electron chi connectivity index (χ4n) is 1.38. The molecule has 0 radical (unpaired) electrons. The summed E-state index contributed by atoms with van der Waals surface area (Å²) in [7, 11) is 0. The summed E-state index contributed by atoms with van der Waals surface area (Å²) in [5.41, 5.74) is -0.243. The van der Waals surface area contributed by atoms with E-state index in [1.807, 2.05) is 0 Å². The summed E-state index contributed by atoms with van der Waals surface area (Å²) in [6, 6.07) is 6.24. The van der Waals surface area contributed by atoms with Crippen molar-refractivity contribution < 1.29 is 24.1 Å². The number of benzene rings is 1. The Kier molecular flexibility index (Phi) is 3.42. The van der Waals surface area contributed by atoms with Crippen molar-refractivity contribution in [2.75, 3.05) is 5.32 Å². The van der Waals surface area contributed by atoms with Crippen LogP contribution >= 0.6 is 0 Å². The van der Waals surface area contributed by atoms with Gasteiger partial charge in [0.1, 0.15) is 0 Å². The number of hydrogen-bond acceptors (Lipinski definition) is 6. The predicted octanol–water partition coefficient (Wildman–Crippen LogP) is 1.53. The summed E-state index contributed by atoms with van der Waals surface area (Å²) in [5.74, 6) is -2.57. The zero-order chi connectivity index (χ0) is 14.7. The second kappa shape index (κ2) is 5.18. The Bertz CT molecular complexity index is 693. The van der Waals surface area contributed by atoms with Crippen LogP contribution in [0.4, 0.5) is 11.4 Å². The average Bonchev–Trinajstić information content (AvgIpc) is 2.88. The Morgan fingerprint density at radius 2 is 2.10 bits per heavy atom. The number of nitro groups is 1. The molecule has 1 aromatic carbocycles. The van der Waals surface area contributed by atoms with Crippen molar-refractivity contribution in [3.8, 4) is 0 Å². The largest absolute Gasteiger partial charge is 0.475 e. The lowest BCUT2D eigenvalue weighted by Gasteiger charge is -2.01. The van der Waals surface area contributed by atoms with Gasteiger partial charge >= 0.3 is 5.97 Å². The van der Waals surface area contributed by atoms with Gasteiger partial charge in [0, 0.05) is 23.9 Å². The number of aromatic nitrogens is 1. The summed E-state index contributed by atoms with van der Waals surface area (Å²) in [5, 5.41) is 24.9. The molecule has 2 aromatic rings. The monoisotopic (exact) mass is 277 g/mol. The molecule has 0 aliphatic rings. The Hall–Kier alpha value is -3.23. The molecule has 1 heterocycles. The fourth-order valence-corrected chi connectivity index (χ4v) is 1.38. The molecule has 1 amide bonds. The normalized spacial score (nSPS) is 10.0. The van der Waals surface area contributed by atoms with Crippen molar-refractivity contribution in [1.29, 1.82) is 0 Å². The third-order valence-corrected chi connectivity index (χ3v) is 2.27. The van der Waals surface area contributed by atoms with Gasteiger partial charge in [-0.3, -0.25) is 14.9 Å². The Labute approximate surface area is 111 Å². The van der Waals surface area contributed by atoms with Gasteiger partial charge in [-0.2, -0.15) is 0 Å². The Morgan fingerprint density at radius 1 is 1.35 bits per heavy atom. The van der Waals surface area contributed by atoms with E-state index in [0.717, 1.165) is 12.1 Å². The third-order valence-electron chi connectivity index (χ3n) is 2.27. The maximum atomic E-state index is 11.7. The number of nitrogens with zero attached hydrogens (tertiary/aromatic N) is 2. The second-order valence-electron chi connectivity index (χ2n) is 3.64. The minimum atomic E-state index is -1.35. The van der Waals surface area contributed by atoms with E-state index in [-0.39, 0.29) is 17.1 Å². The number of aromatic carboxylic acids is 1. The van der Waals surface area contributed by atoms with Crippen LogP contribution in [-0.2, 0) is 0 Å². The summed E-state index contributed by atoms with van der Waals surface area (Å²) in [4.78, 5) is 32.3. The molecule has 0 bridgehead atoms. The maximum Gasteiger partial charge on any atom is 0.374 e. The molecule has 0 aliphatic carbocycles. The van der Waals surface area contributed by atoms with E-state index in [0.29, 0.717) is 0 Å². The molecule has 0 spiro atoms. The van der Waals surface area contributed by atoms with Crippen LogP contribution in [0.15, 0.2) is 34.9 Å². The Morgan fingerprint density at radius 3 is 2.70 bits per heavy atom. The first kappa shape index (κ1) is 13.2. The molecular weight excluding hydrogens is 270 g/mol. The number of carboxylic acid groups (broad SMARTS) is 1. The number of non-ortho nitro benzene ring substituents is 1. The van der Waals surface area contributed by atoms with Gasteiger partial charge in [-0.25, -0.2) is 4.79 Å². The molecule has 2 rings (SSSR count). The third kappa shape index (κ3) is 2.77. The zero-order valence-electron chi connectivity index (χ0n) is 9.77. The number of rotatable bonds is 4. The molecule has 0 fully saturated rings. The lowest BCUT2D eigenvalue weighted by atomic mass is 10.2. The van der Waals surface area contributed by atoms with E-state index in [2.05, 4.69) is 15.0 Å². The lowest BCUT2D eigenvalue weighted by molar-refractivity contribution is -0.384. The number of nitro benzene ring substituents is 1. The summed E-state index contributed by atoms with van der Waals surface area (Å²) in [6.45, 7) is 0. The molecule has 0 aliphatic heterocycles. The first-order valence-electron chi connectivity index (χ1n) is 5.23. The first-order chi connectivity index (χ1) is 9.47. The first-order valence-corrected chi connectivity index (χ1v) is 5.23. The number of carboxylic acids is 1. The van der Waals surface area contributed by atoms with E-state index in [1.165, 1.54) is 18.2 Å². The quantitative estimate of drug-likeness (QED) is 0.638. The Balaban J connectivity index is 2.16. The van der Waals surface area contributed by atoms with Gasteiger partial charge in [-0.1, -0.05) is 11.2 Å². The van der Waals surface area contributed by atoms with E-state index in [1.54, 1.807) is 0 Å². The van der Waals surface area contributed by atoms with E-state index in [9.17, 15) is 19.7 Å². The number of hydrogen-bond donors (Lipinski definition) is 2. The number of carbonyl (C=O) groups excluding carboxylic acids is 1. The van der Waals surface area contributed by atoms with Crippen LogP contribution in [0.1, 0.15) is 21.0 Å². The van der Waals surface area contributed by atoms with Gasteiger partial charge in [0.25, 0.3) is 11.6 Å². The smallest absolute Gasteiger partial charge is 0.374 e. The molecule has 102 valence electrons. The standard InChI is InChI=1S/C11H7N3O6/c15-10(8-5-9(11(16)17)20-13-8)12-6-2-1-3-7(4-6)14(18)19/h1-5H,(H,12,15)(H,16,17). The van der Waals surface area contributed by atoms with E-state index >= 15 is 0 Å². The highest BCUT2D eigenvalue weighted by molar-refractivity contribution is 6.03. The zero-order valence-corrected chi connectivity index (χ0v) is 9.77. The van der Waals surface area contributed by atoms with Crippen LogP contribution in [0.25, 0.3) is 0 Å². The molecule has 0 unspecified atom stereocenters. The van der Waals surface area contributed by atoms with Crippen LogP contribution in [0.2, 0.25) is 0 Å². The minimum Gasteiger partial charge on any atom is -0.475 e. The van der Waals surface area contributed by atoms with E-state index < -0.39 is 22.6 Å². The van der Waals surface area contributed by atoms with Crippen molar-refractivity contribution in [3.63, 3.8) is 0 Å². The van der Waals surface area contributed by atoms with Crippen molar-refractivity contribution in [3.05, 3.63) is 51.9 Å². The summed E-state index contributed by atoms with van der Waals surface area (Å²) >= 11 is 0. The second-order valence-corrected chi connectivity index (χ2v) is 3.64. The van der Waals surface area contributed by atoms with Crippen molar-refractivity contribution >= 4 is 23.3 Å².